The van der Waals surface area contributed by atoms with Crippen LogP contribution in [0.1, 0.15) is 43.7 Å². The number of hydrogen-bond acceptors (Lipinski definition) is 3. The van der Waals surface area contributed by atoms with Crippen molar-refractivity contribution in [2.24, 2.45) is 11.8 Å². The molecule has 128 valence electrons. The molecule has 2 aliphatic rings. The van der Waals surface area contributed by atoms with Gasteiger partial charge in [-0.2, -0.15) is 4.31 Å². The highest BCUT2D eigenvalue weighted by Gasteiger charge is 2.50. The first-order chi connectivity index (χ1) is 10.8. The molecule has 1 aliphatic heterocycles. The Morgan fingerprint density at radius 2 is 2.04 bits per heavy atom. The Labute approximate surface area is 139 Å². The van der Waals surface area contributed by atoms with Crippen LogP contribution >= 0.6 is 0 Å². The molecule has 1 aromatic carbocycles. The summed E-state index contributed by atoms with van der Waals surface area (Å²) in [5.74, 6) is 0.357. The molecule has 0 amide bonds. The fraction of sp³-hybridized carbons (Fsp3) is 0.667. The van der Waals surface area contributed by atoms with Crippen LogP contribution in [0.4, 0.5) is 0 Å². The van der Waals surface area contributed by atoms with Gasteiger partial charge in [0.25, 0.3) is 0 Å². The van der Waals surface area contributed by atoms with Crippen molar-refractivity contribution in [3.05, 3.63) is 29.3 Å². The van der Waals surface area contributed by atoms with E-state index in [0.717, 1.165) is 30.4 Å². The molecule has 0 unspecified atom stereocenters. The number of aryl methyl sites for hydroxylation is 2. The lowest BCUT2D eigenvalue weighted by Crippen LogP contribution is -2.44. The Morgan fingerprint density at radius 1 is 1.30 bits per heavy atom. The van der Waals surface area contributed by atoms with E-state index in [0.29, 0.717) is 24.4 Å². The molecular formula is C18H27NO3S. The van der Waals surface area contributed by atoms with Crippen LogP contribution in [0.5, 0.6) is 0 Å². The van der Waals surface area contributed by atoms with Crippen molar-refractivity contribution in [1.29, 1.82) is 0 Å². The Bertz CT molecular complexity index is 700. The zero-order valence-corrected chi connectivity index (χ0v) is 15.1. The van der Waals surface area contributed by atoms with Crippen molar-refractivity contribution in [2.75, 3.05) is 13.1 Å². The summed E-state index contributed by atoms with van der Waals surface area (Å²) in [6, 6.07) is 5.48. The molecule has 1 saturated carbocycles. The van der Waals surface area contributed by atoms with Crippen molar-refractivity contribution < 1.29 is 13.5 Å². The molecule has 0 spiro atoms. The van der Waals surface area contributed by atoms with E-state index in [4.69, 9.17) is 0 Å². The molecule has 0 radical (unpaired) electrons. The first kappa shape index (κ1) is 16.9. The number of fused-ring (bicyclic) bond motifs is 1. The van der Waals surface area contributed by atoms with Gasteiger partial charge in [-0.25, -0.2) is 8.42 Å². The van der Waals surface area contributed by atoms with Crippen molar-refractivity contribution in [3.8, 4) is 0 Å². The summed E-state index contributed by atoms with van der Waals surface area (Å²) in [7, 11) is -3.48. The predicted molar refractivity (Wildman–Crippen MR) is 90.7 cm³/mol. The number of hydrogen-bond donors (Lipinski definition) is 1. The van der Waals surface area contributed by atoms with Gasteiger partial charge >= 0.3 is 0 Å². The van der Waals surface area contributed by atoms with Crippen molar-refractivity contribution in [2.45, 2.75) is 57.0 Å². The average molecular weight is 337 g/mol. The normalized spacial score (nSPS) is 32.0. The Kier molecular flexibility index (Phi) is 4.32. The third-order valence-corrected chi connectivity index (χ3v) is 7.83. The van der Waals surface area contributed by atoms with Gasteiger partial charge in [-0.3, -0.25) is 0 Å². The van der Waals surface area contributed by atoms with E-state index >= 15 is 0 Å². The van der Waals surface area contributed by atoms with Gasteiger partial charge in [0.15, 0.2) is 0 Å². The molecule has 2 fully saturated rings. The Balaban J connectivity index is 1.91. The summed E-state index contributed by atoms with van der Waals surface area (Å²) >= 11 is 0. The third kappa shape index (κ3) is 2.83. The summed E-state index contributed by atoms with van der Waals surface area (Å²) < 4.78 is 27.7. The highest BCUT2D eigenvalue weighted by Crippen LogP contribution is 2.45. The molecule has 1 aliphatic carbocycles. The molecule has 1 heterocycles. The van der Waals surface area contributed by atoms with Crippen LogP contribution in [0.2, 0.25) is 0 Å². The largest absolute Gasteiger partial charge is 0.390 e. The maximum Gasteiger partial charge on any atom is 0.243 e. The fourth-order valence-corrected chi connectivity index (χ4v) is 6.18. The zero-order valence-electron chi connectivity index (χ0n) is 14.2. The topological polar surface area (TPSA) is 57.6 Å². The minimum atomic E-state index is -3.48. The van der Waals surface area contributed by atoms with Crippen LogP contribution in [0.15, 0.2) is 23.1 Å². The number of nitrogens with zero attached hydrogens (tertiary/aromatic N) is 1. The molecule has 1 aromatic rings. The third-order valence-electron chi connectivity index (χ3n) is 5.84. The van der Waals surface area contributed by atoms with Gasteiger partial charge in [0.05, 0.1) is 10.5 Å². The molecule has 23 heavy (non-hydrogen) atoms. The Hall–Kier alpha value is -0.910. The van der Waals surface area contributed by atoms with Crippen LogP contribution in [0.3, 0.4) is 0 Å². The summed E-state index contributed by atoms with van der Waals surface area (Å²) in [4.78, 5) is 0.404. The number of benzene rings is 1. The molecule has 3 rings (SSSR count). The maximum absolute atomic E-state index is 13.1. The quantitative estimate of drug-likeness (QED) is 0.923. The SMILES string of the molecule is CC[C@@]1(O)CCC[C@@H]2CN(S(=O)(=O)c3ccc(C)cc3C)C[C@@H]21. The Morgan fingerprint density at radius 3 is 2.70 bits per heavy atom. The lowest BCUT2D eigenvalue weighted by molar-refractivity contribution is -0.0605. The summed E-state index contributed by atoms with van der Waals surface area (Å²) in [6.45, 7) is 6.82. The van der Waals surface area contributed by atoms with Crippen LogP contribution in [0.25, 0.3) is 0 Å². The molecule has 1 saturated heterocycles. The average Bonchev–Trinajstić information content (AvgIpc) is 2.93. The van der Waals surface area contributed by atoms with Gasteiger partial charge in [0, 0.05) is 19.0 Å². The van der Waals surface area contributed by atoms with Crippen molar-refractivity contribution in [3.63, 3.8) is 0 Å². The second-order valence-electron chi connectivity index (χ2n) is 7.31. The van der Waals surface area contributed by atoms with Crippen LogP contribution in [-0.4, -0.2) is 36.5 Å². The van der Waals surface area contributed by atoms with Gasteiger partial charge in [-0.15, -0.1) is 0 Å². The molecule has 4 nitrogen and oxygen atoms in total. The maximum atomic E-state index is 13.1. The smallest absolute Gasteiger partial charge is 0.243 e. The van der Waals surface area contributed by atoms with Crippen LogP contribution in [0, 0.1) is 25.7 Å². The van der Waals surface area contributed by atoms with Crippen LogP contribution < -0.4 is 0 Å². The number of aliphatic hydroxyl groups is 1. The lowest BCUT2D eigenvalue weighted by Gasteiger charge is -2.40. The van der Waals surface area contributed by atoms with E-state index in [-0.39, 0.29) is 11.8 Å². The van der Waals surface area contributed by atoms with Crippen LogP contribution in [-0.2, 0) is 10.0 Å². The second kappa shape index (κ2) is 5.87. The summed E-state index contributed by atoms with van der Waals surface area (Å²) in [5.41, 5.74) is 1.16. The van der Waals surface area contributed by atoms with E-state index < -0.39 is 15.6 Å². The molecule has 0 bridgehead atoms. The van der Waals surface area contributed by atoms with E-state index in [1.165, 1.54) is 0 Å². The van der Waals surface area contributed by atoms with E-state index in [1.807, 2.05) is 32.9 Å². The van der Waals surface area contributed by atoms with E-state index in [1.54, 1.807) is 10.4 Å². The summed E-state index contributed by atoms with van der Waals surface area (Å²) in [6.07, 6.45) is 3.50. The lowest BCUT2D eigenvalue weighted by atomic mass is 9.69. The van der Waals surface area contributed by atoms with Gasteiger partial charge in [0.1, 0.15) is 0 Å². The van der Waals surface area contributed by atoms with Crippen molar-refractivity contribution in [1.82, 2.24) is 4.31 Å². The molecule has 0 aromatic heterocycles. The van der Waals surface area contributed by atoms with Gasteiger partial charge < -0.3 is 5.11 Å². The van der Waals surface area contributed by atoms with E-state index in [2.05, 4.69) is 0 Å². The fourth-order valence-electron chi connectivity index (χ4n) is 4.45. The van der Waals surface area contributed by atoms with Gasteiger partial charge in [0.2, 0.25) is 10.0 Å². The standard InChI is InChI=1S/C18H27NO3S/c1-4-18(20)9-5-6-15-11-19(12-16(15)18)23(21,22)17-8-7-13(2)10-14(17)3/h7-8,10,15-16,20H,4-6,9,11-12H2,1-3H3/t15-,16+,18-/m1/s1. The van der Waals surface area contributed by atoms with Gasteiger partial charge in [-0.05, 0) is 50.7 Å². The monoisotopic (exact) mass is 337 g/mol. The highest BCUT2D eigenvalue weighted by atomic mass is 32.2. The second-order valence-corrected chi connectivity index (χ2v) is 9.21. The molecule has 3 atom stereocenters. The highest BCUT2D eigenvalue weighted by molar-refractivity contribution is 7.89. The predicted octanol–water partition coefficient (Wildman–Crippen LogP) is 2.87. The minimum Gasteiger partial charge on any atom is -0.390 e. The number of sulfonamides is 1. The summed E-state index contributed by atoms with van der Waals surface area (Å²) in [5, 5.41) is 10.9. The first-order valence-electron chi connectivity index (χ1n) is 8.58. The molecule has 5 heteroatoms. The van der Waals surface area contributed by atoms with Crippen molar-refractivity contribution >= 4 is 10.0 Å². The van der Waals surface area contributed by atoms with Gasteiger partial charge in [-0.1, -0.05) is 31.0 Å². The minimum absolute atomic E-state index is 0.0711. The van der Waals surface area contributed by atoms with E-state index in [9.17, 15) is 13.5 Å². The molecular weight excluding hydrogens is 310 g/mol. The number of rotatable bonds is 3. The zero-order chi connectivity index (χ0) is 16.8. The molecule has 1 N–H and O–H groups in total. The first-order valence-corrected chi connectivity index (χ1v) is 10.0.